The van der Waals surface area contributed by atoms with Gasteiger partial charge in [-0.3, -0.25) is 14.4 Å². The van der Waals surface area contributed by atoms with Crippen LogP contribution in [0, 0.1) is 6.92 Å². The van der Waals surface area contributed by atoms with E-state index in [-0.39, 0.29) is 25.5 Å². The van der Waals surface area contributed by atoms with Crippen molar-refractivity contribution in [3.8, 4) is 0 Å². The Morgan fingerprint density at radius 2 is 1.78 bits per heavy atom. The van der Waals surface area contributed by atoms with Crippen molar-refractivity contribution in [2.24, 2.45) is 5.10 Å². The molecule has 0 unspecified atom stereocenters. The summed E-state index contributed by atoms with van der Waals surface area (Å²) in [5.41, 5.74) is 4.14. The van der Waals surface area contributed by atoms with Crippen molar-refractivity contribution in [3.63, 3.8) is 0 Å². The molecule has 124 valence electrons. The van der Waals surface area contributed by atoms with Crippen LogP contribution in [-0.2, 0) is 14.4 Å². The fourth-order valence-corrected chi connectivity index (χ4v) is 1.56. The number of carbonyl (C=O) groups is 3. The Balaban J connectivity index is 2.43. The van der Waals surface area contributed by atoms with Crippen LogP contribution < -0.4 is 16.1 Å². The minimum Gasteiger partial charge on any atom is -0.395 e. The number of hydrazone groups is 1. The number of aliphatic hydroxyl groups excluding tert-OH is 1. The molecule has 0 atom stereocenters. The summed E-state index contributed by atoms with van der Waals surface area (Å²) in [6.07, 6.45) is -0.0214. The van der Waals surface area contributed by atoms with E-state index >= 15 is 0 Å². The Labute approximate surface area is 134 Å². The van der Waals surface area contributed by atoms with Gasteiger partial charge in [0.25, 0.3) is 0 Å². The molecule has 0 bridgehead atoms. The van der Waals surface area contributed by atoms with Crippen LogP contribution in [0.1, 0.15) is 18.9 Å². The molecular formula is C15H20N4O4. The Kier molecular flexibility index (Phi) is 7.41. The van der Waals surface area contributed by atoms with Gasteiger partial charge in [-0.1, -0.05) is 17.7 Å². The highest BCUT2D eigenvalue weighted by atomic mass is 16.3. The molecule has 0 aliphatic heterocycles. The first-order chi connectivity index (χ1) is 10.9. The van der Waals surface area contributed by atoms with Crippen molar-refractivity contribution in [3.05, 3.63) is 29.8 Å². The second kappa shape index (κ2) is 9.31. The maximum atomic E-state index is 11.8. The first kappa shape index (κ1) is 18.3. The van der Waals surface area contributed by atoms with Gasteiger partial charge in [-0.15, -0.1) is 0 Å². The minimum atomic E-state index is -0.961. The lowest BCUT2D eigenvalue weighted by molar-refractivity contribution is -0.139. The van der Waals surface area contributed by atoms with E-state index in [0.717, 1.165) is 5.56 Å². The Hall–Kier alpha value is -2.74. The van der Waals surface area contributed by atoms with Crippen molar-refractivity contribution >= 4 is 29.1 Å². The summed E-state index contributed by atoms with van der Waals surface area (Å²) in [7, 11) is 0. The minimum absolute atomic E-state index is 0.0199. The van der Waals surface area contributed by atoms with Crippen molar-refractivity contribution in [1.82, 2.24) is 10.7 Å². The van der Waals surface area contributed by atoms with Gasteiger partial charge < -0.3 is 15.7 Å². The van der Waals surface area contributed by atoms with Gasteiger partial charge in [0.05, 0.1) is 13.0 Å². The third-order valence-corrected chi connectivity index (χ3v) is 2.70. The van der Waals surface area contributed by atoms with E-state index in [1.54, 1.807) is 19.1 Å². The lowest BCUT2D eigenvalue weighted by Gasteiger charge is -2.06. The molecule has 0 fully saturated rings. The normalized spacial score (nSPS) is 10.8. The Morgan fingerprint density at radius 3 is 2.39 bits per heavy atom. The Bertz CT molecular complexity index is 596. The van der Waals surface area contributed by atoms with Crippen LogP contribution in [0.4, 0.5) is 5.69 Å². The number of hydrogen-bond acceptors (Lipinski definition) is 5. The van der Waals surface area contributed by atoms with Gasteiger partial charge in [0, 0.05) is 17.9 Å². The van der Waals surface area contributed by atoms with Crippen LogP contribution in [0.2, 0.25) is 0 Å². The monoisotopic (exact) mass is 320 g/mol. The number of benzene rings is 1. The molecule has 1 aromatic carbocycles. The van der Waals surface area contributed by atoms with E-state index in [9.17, 15) is 14.4 Å². The molecule has 0 aromatic heterocycles. The summed E-state index contributed by atoms with van der Waals surface area (Å²) in [6.45, 7) is 3.22. The number of aryl methyl sites for hydroxylation is 1. The third-order valence-electron chi connectivity index (χ3n) is 2.70. The molecule has 0 saturated carbocycles. The second-order valence-corrected chi connectivity index (χ2v) is 4.86. The van der Waals surface area contributed by atoms with Crippen LogP contribution in [-0.4, -0.2) is 41.7 Å². The first-order valence-electron chi connectivity index (χ1n) is 7.01. The molecule has 1 aromatic rings. The summed E-state index contributed by atoms with van der Waals surface area (Å²) >= 11 is 0. The quantitative estimate of drug-likeness (QED) is 0.333. The van der Waals surface area contributed by atoms with E-state index in [2.05, 4.69) is 15.7 Å². The largest absolute Gasteiger partial charge is 0.395 e. The first-order valence-corrected chi connectivity index (χ1v) is 7.01. The summed E-state index contributed by atoms with van der Waals surface area (Å²) in [5.74, 6) is -2.15. The predicted molar refractivity (Wildman–Crippen MR) is 85.8 cm³/mol. The number of aliphatic hydroxyl groups is 1. The van der Waals surface area contributed by atoms with Gasteiger partial charge in [-0.2, -0.15) is 5.10 Å². The zero-order valence-corrected chi connectivity index (χ0v) is 13.0. The van der Waals surface area contributed by atoms with Crippen molar-refractivity contribution in [2.45, 2.75) is 20.3 Å². The van der Waals surface area contributed by atoms with Crippen LogP contribution in [0.25, 0.3) is 0 Å². The van der Waals surface area contributed by atoms with Crippen LogP contribution in [0.15, 0.2) is 29.4 Å². The smallest absolute Gasteiger partial charge is 0.329 e. The number of nitrogens with one attached hydrogen (secondary N) is 3. The van der Waals surface area contributed by atoms with Crippen LogP contribution >= 0.6 is 0 Å². The highest BCUT2D eigenvalue weighted by Gasteiger charge is 2.12. The van der Waals surface area contributed by atoms with Gasteiger partial charge in [-0.05, 0) is 26.0 Å². The van der Waals surface area contributed by atoms with Crippen molar-refractivity contribution < 1.29 is 19.5 Å². The van der Waals surface area contributed by atoms with E-state index in [4.69, 9.17) is 5.11 Å². The topological polar surface area (TPSA) is 120 Å². The number of anilines is 1. The molecule has 0 aliphatic rings. The van der Waals surface area contributed by atoms with E-state index in [1.807, 2.05) is 24.5 Å². The van der Waals surface area contributed by atoms with Gasteiger partial charge in [0.1, 0.15) is 0 Å². The zero-order valence-electron chi connectivity index (χ0n) is 13.0. The van der Waals surface area contributed by atoms with Crippen molar-refractivity contribution in [2.75, 3.05) is 18.5 Å². The molecule has 0 radical (unpaired) electrons. The molecule has 3 amide bonds. The highest BCUT2D eigenvalue weighted by Crippen LogP contribution is 2.08. The molecule has 0 heterocycles. The number of rotatable bonds is 6. The predicted octanol–water partition coefficient (Wildman–Crippen LogP) is -0.0758. The standard InChI is InChI=1S/C15H20N4O4/c1-10-3-5-12(6-4-10)17-13(21)9-11(2)18-19-15(23)14(22)16-7-8-20/h3-6,20H,7-9H2,1-2H3,(H,16,22)(H,17,21)(H,19,23)/b18-11+. The number of amides is 3. The van der Waals surface area contributed by atoms with Crippen molar-refractivity contribution in [1.29, 1.82) is 0 Å². The lowest BCUT2D eigenvalue weighted by atomic mass is 10.2. The summed E-state index contributed by atoms with van der Waals surface area (Å²) in [6, 6.07) is 7.32. The molecule has 8 nitrogen and oxygen atoms in total. The van der Waals surface area contributed by atoms with Crippen LogP contribution in [0.5, 0.6) is 0 Å². The number of carbonyl (C=O) groups excluding carboxylic acids is 3. The zero-order chi connectivity index (χ0) is 17.2. The maximum absolute atomic E-state index is 11.8. The second-order valence-electron chi connectivity index (χ2n) is 4.86. The Morgan fingerprint density at radius 1 is 1.13 bits per heavy atom. The van der Waals surface area contributed by atoms with Crippen LogP contribution in [0.3, 0.4) is 0 Å². The molecule has 0 aliphatic carbocycles. The fraction of sp³-hybridized carbons (Fsp3) is 0.333. The van der Waals surface area contributed by atoms with Gasteiger partial charge in [-0.25, -0.2) is 5.43 Å². The fourth-order valence-electron chi connectivity index (χ4n) is 1.56. The highest BCUT2D eigenvalue weighted by molar-refractivity contribution is 6.35. The molecule has 1 rings (SSSR count). The summed E-state index contributed by atoms with van der Waals surface area (Å²) in [4.78, 5) is 34.4. The molecule has 8 heteroatoms. The molecule has 0 saturated heterocycles. The third kappa shape index (κ3) is 7.18. The maximum Gasteiger partial charge on any atom is 0.329 e. The van der Waals surface area contributed by atoms with E-state index in [1.165, 1.54) is 0 Å². The van der Waals surface area contributed by atoms with Gasteiger partial charge >= 0.3 is 11.8 Å². The lowest BCUT2D eigenvalue weighted by Crippen LogP contribution is -2.39. The van der Waals surface area contributed by atoms with E-state index < -0.39 is 11.8 Å². The SMILES string of the molecule is C/C(CC(=O)Nc1ccc(C)cc1)=N\NC(=O)C(=O)NCCO. The molecular weight excluding hydrogens is 300 g/mol. The van der Waals surface area contributed by atoms with E-state index in [0.29, 0.717) is 11.4 Å². The average molecular weight is 320 g/mol. The number of nitrogens with zero attached hydrogens (tertiary/aromatic N) is 1. The molecule has 0 spiro atoms. The van der Waals surface area contributed by atoms with Gasteiger partial charge in [0.15, 0.2) is 0 Å². The molecule has 23 heavy (non-hydrogen) atoms. The average Bonchev–Trinajstić information content (AvgIpc) is 2.52. The number of hydrogen-bond donors (Lipinski definition) is 4. The van der Waals surface area contributed by atoms with Gasteiger partial charge in [0.2, 0.25) is 5.91 Å². The molecule has 4 N–H and O–H groups in total. The summed E-state index contributed by atoms with van der Waals surface area (Å²) in [5, 5.41) is 17.1. The summed E-state index contributed by atoms with van der Waals surface area (Å²) < 4.78 is 0.